The standard InChI is InChI=1S/C19H24O5/c1-12-9-15(18(20)22-3)19(21)13(2)10-24-17(19)16(12)23-11-14-7-5-4-6-8-14/h4-8,12,15-17,21H,2,9-11H2,1,3H3/t12-,15-,16-,17-,19-/m1/s1. The summed E-state index contributed by atoms with van der Waals surface area (Å²) in [6, 6.07) is 9.86. The molecule has 5 nitrogen and oxygen atoms in total. The van der Waals surface area contributed by atoms with Gasteiger partial charge in [-0.3, -0.25) is 4.79 Å². The minimum atomic E-state index is -1.43. The second-order valence-electron chi connectivity index (χ2n) is 6.71. The highest BCUT2D eigenvalue weighted by molar-refractivity contribution is 5.75. The minimum Gasteiger partial charge on any atom is -0.469 e. The van der Waals surface area contributed by atoms with E-state index in [0.717, 1.165) is 5.56 Å². The van der Waals surface area contributed by atoms with Gasteiger partial charge in [-0.2, -0.15) is 0 Å². The molecule has 5 heteroatoms. The summed E-state index contributed by atoms with van der Waals surface area (Å²) in [7, 11) is 1.34. The number of aliphatic hydroxyl groups is 1. The number of fused-ring (bicyclic) bond motifs is 1. The van der Waals surface area contributed by atoms with E-state index >= 15 is 0 Å². The first-order valence-electron chi connectivity index (χ1n) is 8.24. The van der Waals surface area contributed by atoms with Crippen LogP contribution in [0.1, 0.15) is 18.9 Å². The molecular formula is C19H24O5. The molecule has 1 saturated heterocycles. The van der Waals surface area contributed by atoms with E-state index in [1.165, 1.54) is 7.11 Å². The Kier molecular flexibility index (Phi) is 4.76. The van der Waals surface area contributed by atoms with E-state index in [2.05, 4.69) is 6.58 Å². The fraction of sp³-hybridized carbons (Fsp3) is 0.526. The quantitative estimate of drug-likeness (QED) is 0.676. The number of carbonyl (C=O) groups is 1. The summed E-state index contributed by atoms with van der Waals surface area (Å²) in [5.74, 6) is -1.05. The Bertz CT molecular complexity index is 613. The molecule has 1 heterocycles. The summed E-state index contributed by atoms with van der Waals surface area (Å²) >= 11 is 0. The molecule has 1 aliphatic heterocycles. The third-order valence-corrected chi connectivity index (χ3v) is 5.21. The van der Waals surface area contributed by atoms with Crippen molar-refractivity contribution in [2.45, 2.75) is 37.8 Å². The van der Waals surface area contributed by atoms with Crippen molar-refractivity contribution in [1.29, 1.82) is 0 Å². The lowest BCUT2D eigenvalue weighted by atomic mass is 9.66. The third-order valence-electron chi connectivity index (χ3n) is 5.21. The van der Waals surface area contributed by atoms with Gasteiger partial charge in [0.15, 0.2) is 0 Å². The van der Waals surface area contributed by atoms with Crippen molar-refractivity contribution in [1.82, 2.24) is 0 Å². The van der Waals surface area contributed by atoms with Gasteiger partial charge < -0.3 is 19.3 Å². The maximum atomic E-state index is 12.2. The molecule has 2 fully saturated rings. The Morgan fingerprint density at radius 2 is 2.12 bits per heavy atom. The highest BCUT2D eigenvalue weighted by Gasteiger charge is 2.61. The Labute approximate surface area is 142 Å². The zero-order valence-corrected chi connectivity index (χ0v) is 14.1. The maximum Gasteiger partial charge on any atom is 0.312 e. The number of hydrogen-bond acceptors (Lipinski definition) is 5. The van der Waals surface area contributed by atoms with Crippen molar-refractivity contribution in [3.8, 4) is 0 Å². The van der Waals surface area contributed by atoms with Crippen molar-refractivity contribution < 1.29 is 24.1 Å². The normalized spacial score (nSPS) is 35.5. The fourth-order valence-corrected chi connectivity index (χ4v) is 3.84. The van der Waals surface area contributed by atoms with E-state index < -0.39 is 23.6 Å². The summed E-state index contributed by atoms with van der Waals surface area (Å²) in [6.45, 7) is 6.59. The molecule has 1 N–H and O–H groups in total. The molecule has 0 amide bonds. The Hall–Kier alpha value is -1.69. The zero-order valence-electron chi connectivity index (χ0n) is 14.1. The van der Waals surface area contributed by atoms with Crippen LogP contribution in [-0.2, 0) is 25.6 Å². The molecule has 2 aliphatic rings. The average Bonchev–Trinajstić information content (AvgIpc) is 2.90. The predicted octanol–water partition coefficient (Wildman–Crippen LogP) is 2.09. The van der Waals surface area contributed by atoms with Crippen LogP contribution in [0.15, 0.2) is 42.5 Å². The van der Waals surface area contributed by atoms with Crippen molar-refractivity contribution in [2.75, 3.05) is 13.7 Å². The molecule has 24 heavy (non-hydrogen) atoms. The SMILES string of the molecule is C=C1CO[C@@H]2[C@H](OCc3ccccc3)[C@H](C)C[C@H](C(=O)OC)[C@]12O. The summed E-state index contributed by atoms with van der Waals surface area (Å²) in [6.07, 6.45) is -0.446. The molecule has 130 valence electrons. The summed E-state index contributed by atoms with van der Waals surface area (Å²) in [4.78, 5) is 12.2. The molecule has 1 aromatic carbocycles. The largest absolute Gasteiger partial charge is 0.469 e. The highest BCUT2D eigenvalue weighted by Crippen LogP contribution is 2.48. The van der Waals surface area contributed by atoms with Gasteiger partial charge >= 0.3 is 5.97 Å². The number of hydrogen-bond donors (Lipinski definition) is 1. The van der Waals surface area contributed by atoms with Gasteiger partial charge in [0.05, 0.1) is 32.3 Å². The molecule has 1 saturated carbocycles. The second kappa shape index (κ2) is 6.67. The van der Waals surface area contributed by atoms with Gasteiger partial charge in [-0.05, 0) is 23.5 Å². The van der Waals surface area contributed by atoms with Gasteiger partial charge in [0, 0.05) is 0 Å². The lowest BCUT2D eigenvalue weighted by Gasteiger charge is -2.46. The highest BCUT2D eigenvalue weighted by atomic mass is 16.6. The number of benzene rings is 1. The van der Waals surface area contributed by atoms with Crippen LogP contribution in [0, 0.1) is 11.8 Å². The fourth-order valence-electron chi connectivity index (χ4n) is 3.84. The van der Waals surface area contributed by atoms with Crippen molar-refractivity contribution in [2.24, 2.45) is 11.8 Å². The van der Waals surface area contributed by atoms with E-state index in [1.54, 1.807) is 0 Å². The maximum absolute atomic E-state index is 12.2. The molecule has 0 radical (unpaired) electrons. The molecule has 3 rings (SSSR count). The zero-order chi connectivity index (χ0) is 17.3. The molecule has 0 bridgehead atoms. The van der Waals surface area contributed by atoms with Gasteiger partial charge in [-0.25, -0.2) is 0 Å². The van der Waals surface area contributed by atoms with Crippen LogP contribution in [0.5, 0.6) is 0 Å². The molecule has 1 aliphatic carbocycles. The van der Waals surface area contributed by atoms with Crippen LogP contribution in [0.3, 0.4) is 0 Å². The first-order chi connectivity index (χ1) is 11.5. The molecule has 5 atom stereocenters. The molecule has 0 aromatic heterocycles. The number of ether oxygens (including phenoxy) is 3. The van der Waals surface area contributed by atoms with Crippen molar-refractivity contribution in [3.63, 3.8) is 0 Å². The molecular weight excluding hydrogens is 308 g/mol. The van der Waals surface area contributed by atoms with Gasteiger partial charge in [-0.1, -0.05) is 43.8 Å². The number of carbonyl (C=O) groups excluding carboxylic acids is 1. The van der Waals surface area contributed by atoms with Crippen LogP contribution in [0.2, 0.25) is 0 Å². The predicted molar refractivity (Wildman–Crippen MR) is 88.1 cm³/mol. The van der Waals surface area contributed by atoms with Crippen LogP contribution in [0.25, 0.3) is 0 Å². The van der Waals surface area contributed by atoms with E-state index in [4.69, 9.17) is 14.2 Å². The van der Waals surface area contributed by atoms with Gasteiger partial charge in [0.2, 0.25) is 0 Å². The van der Waals surface area contributed by atoms with Crippen molar-refractivity contribution >= 4 is 5.97 Å². The number of methoxy groups -OCH3 is 1. The van der Waals surface area contributed by atoms with E-state index in [-0.39, 0.29) is 18.6 Å². The lowest BCUT2D eigenvalue weighted by Crippen LogP contribution is -2.61. The summed E-state index contributed by atoms with van der Waals surface area (Å²) < 4.78 is 16.8. The Balaban J connectivity index is 1.82. The van der Waals surface area contributed by atoms with Crippen LogP contribution < -0.4 is 0 Å². The summed E-state index contributed by atoms with van der Waals surface area (Å²) in [5.41, 5.74) is 0.143. The number of rotatable bonds is 4. The van der Waals surface area contributed by atoms with Gasteiger partial charge in [0.1, 0.15) is 11.7 Å². The Morgan fingerprint density at radius 3 is 2.79 bits per heavy atom. The van der Waals surface area contributed by atoms with Crippen LogP contribution in [0.4, 0.5) is 0 Å². The van der Waals surface area contributed by atoms with Crippen LogP contribution >= 0.6 is 0 Å². The molecule has 0 unspecified atom stereocenters. The second-order valence-corrected chi connectivity index (χ2v) is 6.71. The minimum absolute atomic E-state index is 0.0500. The number of esters is 1. The molecule has 0 spiro atoms. The molecule has 1 aromatic rings. The average molecular weight is 332 g/mol. The van der Waals surface area contributed by atoms with Gasteiger partial charge in [-0.15, -0.1) is 0 Å². The topological polar surface area (TPSA) is 65.0 Å². The first-order valence-corrected chi connectivity index (χ1v) is 8.24. The summed E-state index contributed by atoms with van der Waals surface area (Å²) in [5, 5.41) is 11.2. The van der Waals surface area contributed by atoms with E-state index in [1.807, 2.05) is 37.3 Å². The monoisotopic (exact) mass is 332 g/mol. The lowest BCUT2D eigenvalue weighted by molar-refractivity contribution is -0.196. The smallest absolute Gasteiger partial charge is 0.312 e. The first kappa shape index (κ1) is 17.1. The van der Waals surface area contributed by atoms with Crippen molar-refractivity contribution in [3.05, 3.63) is 48.0 Å². The van der Waals surface area contributed by atoms with Crippen LogP contribution in [-0.4, -0.2) is 42.6 Å². The van der Waals surface area contributed by atoms with Gasteiger partial charge in [0.25, 0.3) is 0 Å². The Morgan fingerprint density at radius 1 is 1.42 bits per heavy atom. The van der Waals surface area contributed by atoms with E-state index in [9.17, 15) is 9.90 Å². The third kappa shape index (κ3) is 2.77. The van der Waals surface area contributed by atoms with E-state index in [0.29, 0.717) is 18.6 Å².